The molecule has 0 bridgehead atoms. The van der Waals surface area contributed by atoms with Crippen molar-refractivity contribution in [2.45, 2.75) is 39.8 Å². The van der Waals surface area contributed by atoms with Gasteiger partial charge < -0.3 is 10.2 Å². The molecule has 96 valence electrons. The van der Waals surface area contributed by atoms with E-state index in [1.807, 2.05) is 10.9 Å². The average molecular weight is 236 g/mol. The van der Waals surface area contributed by atoms with Gasteiger partial charge in [-0.05, 0) is 19.3 Å². The molecule has 1 N–H and O–H groups in total. The maximum atomic E-state index is 4.35. The van der Waals surface area contributed by atoms with Crippen LogP contribution in [0.4, 0.5) is 5.69 Å². The highest BCUT2D eigenvalue weighted by Gasteiger charge is 2.20. The third kappa shape index (κ3) is 3.22. The number of piperazine rings is 1. The van der Waals surface area contributed by atoms with Crippen molar-refractivity contribution in [2.75, 3.05) is 24.5 Å². The van der Waals surface area contributed by atoms with E-state index in [4.69, 9.17) is 0 Å². The number of aryl methyl sites for hydroxylation is 1. The van der Waals surface area contributed by atoms with Crippen LogP contribution in [0.25, 0.3) is 0 Å². The predicted octanol–water partition coefficient (Wildman–Crippen LogP) is 1.73. The Morgan fingerprint density at radius 3 is 3.00 bits per heavy atom. The number of rotatable bonds is 4. The van der Waals surface area contributed by atoms with Gasteiger partial charge >= 0.3 is 0 Å². The Morgan fingerprint density at radius 1 is 1.53 bits per heavy atom. The molecule has 0 aliphatic carbocycles. The Bertz CT molecular complexity index is 345. The topological polar surface area (TPSA) is 33.1 Å². The number of nitrogens with zero attached hydrogens (tertiary/aromatic N) is 3. The molecule has 17 heavy (non-hydrogen) atoms. The summed E-state index contributed by atoms with van der Waals surface area (Å²) in [6.07, 6.45) is 5.39. The monoisotopic (exact) mass is 236 g/mol. The van der Waals surface area contributed by atoms with Crippen LogP contribution < -0.4 is 10.2 Å². The molecule has 1 fully saturated rings. The molecule has 0 radical (unpaired) electrons. The van der Waals surface area contributed by atoms with Crippen molar-refractivity contribution < 1.29 is 0 Å². The predicted molar refractivity (Wildman–Crippen MR) is 71.4 cm³/mol. The zero-order valence-electron chi connectivity index (χ0n) is 11.2. The average Bonchev–Trinajstić information content (AvgIpc) is 2.77. The first-order valence-corrected chi connectivity index (χ1v) is 6.69. The van der Waals surface area contributed by atoms with E-state index < -0.39 is 0 Å². The second kappa shape index (κ2) is 5.54. The summed E-state index contributed by atoms with van der Waals surface area (Å²) in [7, 11) is 0. The fourth-order valence-corrected chi connectivity index (χ4v) is 2.48. The zero-order chi connectivity index (χ0) is 12.3. The molecule has 1 aliphatic heterocycles. The standard InChI is InChI=1S/C13H24N4/c1-4-17-10-13(8-15-17)16-6-5-14-12(9-16)7-11(2)3/h8,10-12,14H,4-7,9H2,1-3H3. The summed E-state index contributed by atoms with van der Waals surface area (Å²) in [5.74, 6) is 0.755. The number of hydrogen-bond donors (Lipinski definition) is 1. The summed E-state index contributed by atoms with van der Waals surface area (Å²) in [6.45, 7) is 10.9. The summed E-state index contributed by atoms with van der Waals surface area (Å²) in [5, 5.41) is 7.95. The van der Waals surface area contributed by atoms with E-state index in [1.165, 1.54) is 12.1 Å². The van der Waals surface area contributed by atoms with Crippen LogP contribution in [0.1, 0.15) is 27.2 Å². The fourth-order valence-electron chi connectivity index (χ4n) is 2.48. The zero-order valence-corrected chi connectivity index (χ0v) is 11.2. The first kappa shape index (κ1) is 12.4. The molecule has 2 heterocycles. The number of aromatic nitrogens is 2. The molecule has 4 heteroatoms. The van der Waals surface area contributed by atoms with E-state index in [0.29, 0.717) is 6.04 Å². The van der Waals surface area contributed by atoms with E-state index in [1.54, 1.807) is 0 Å². The van der Waals surface area contributed by atoms with E-state index in [9.17, 15) is 0 Å². The van der Waals surface area contributed by atoms with Gasteiger partial charge in [0.05, 0.1) is 11.9 Å². The molecule has 4 nitrogen and oxygen atoms in total. The molecule has 0 saturated carbocycles. The van der Waals surface area contributed by atoms with Gasteiger partial charge in [-0.25, -0.2) is 0 Å². The van der Waals surface area contributed by atoms with Gasteiger partial charge in [0.15, 0.2) is 0 Å². The van der Waals surface area contributed by atoms with Crippen molar-refractivity contribution in [2.24, 2.45) is 5.92 Å². The molecule has 0 amide bonds. The van der Waals surface area contributed by atoms with Gasteiger partial charge in [0, 0.05) is 38.4 Å². The Morgan fingerprint density at radius 2 is 2.35 bits per heavy atom. The van der Waals surface area contributed by atoms with Crippen molar-refractivity contribution in [1.82, 2.24) is 15.1 Å². The Kier molecular flexibility index (Phi) is 4.05. The maximum absolute atomic E-state index is 4.35. The highest BCUT2D eigenvalue weighted by Crippen LogP contribution is 2.17. The van der Waals surface area contributed by atoms with Crippen LogP contribution in [-0.2, 0) is 6.54 Å². The molecule has 1 atom stereocenters. The largest absolute Gasteiger partial charge is 0.366 e. The van der Waals surface area contributed by atoms with E-state index >= 15 is 0 Å². The van der Waals surface area contributed by atoms with Gasteiger partial charge in [0.1, 0.15) is 0 Å². The number of nitrogens with one attached hydrogen (secondary N) is 1. The maximum Gasteiger partial charge on any atom is 0.0753 e. The van der Waals surface area contributed by atoms with Crippen LogP contribution in [-0.4, -0.2) is 35.5 Å². The second-order valence-electron chi connectivity index (χ2n) is 5.28. The molecular weight excluding hydrogens is 212 g/mol. The van der Waals surface area contributed by atoms with Gasteiger partial charge in [0.2, 0.25) is 0 Å². The van der Waals surface area contributed by atoms with E-state index in [2.05, 4.69) is 42.3 Å². The van der Waals surface area contributed by atoms with Crippen molar-refractivity contribution in [3.8, 4) is 0 Å². The molecule has 2 rings (SSSR count). The minimum atomic E-state index is 0.619. The molecular formula is C13H24N4. The lowest BCUT2D eigenvalue weighted by molar-refractivity contribution is 0.388. The van der Waals surface area contributed by atoms with Crippen molar-refractivity contribution in [3.63, 3.8) is 0 Å². The van der Waals surface area contributed by atoms with Crippen LogP contribution in [0.2, 0.25) is 0 Å². The highest BCUT2D eigenvalue weighted by atomic mass is 15.3. The molecule has 1 saturated heterocycles. The van der Waals surface area contributed by atoms with E-state index in [0.717, 1.165) is 32.1 Å². The smallest absolute Gasteiger partial charge is 0.0753 e. The van der Waals surface area contributed by atoms with Crippen LogP contribution >= 0.6 is 0 Å². The van der Waals surface area contributed by atoms with Crippen molar-refractivity contribution >= 4 is 5.69 Å². The summed E-state index contributed by atoms with van der Waals surface area (Å²) in [6, 6.07) is 0.619. The van der Waals surface area contributed by atoms with Crippen LogP contribution in [0, 0.1) is 5.92 Å². The Labute approximate surface area is 104 Å². The Hall–Kier alpha value is -1.03. The van der Waals surface area contributed by atoms with Gasteiger partial charge in [0.25, 0.3) is 0 Å². The van der Waals surface area contributed by atoms with Crippen molar-refractivity contribution in [3.05, 3.63) is 12.4 Å². The second-order valence-corrected chi connectivity index (χ2v) is 5.28. The highest BCUT2D eigenvalue weighted by molar-refractivity contribution is 5.43. The molecule has 1 aromatic rings. The fraction of sp³-hybridized carbons (Fsp3) is 0.769. The van der Waals surface area contributed by atoms with Crippen molar-refractivity contribution in [1.29, 1.82) is 0 Å². The quantitative estimate of drug-likeness (QED) is 0.864. The van der Waals surface area contributed by atoms with Crippen LogP contribution in [0.5, 0.6) is 0 Å². The SMILES string of the molecule is CCn1cc(N2CCNC(CC(C)C)C2)cn1. The molecule has 0 aromatic carbocycles. The summed E-state index contributed by atoms with van der Waals surface area (Å²) in [5.41, 5.74) is 1.27. The summed E-state index contributed by atoms with van der Waals surface area (Å²) >= 11 is 0. The molecule has 1 aliphatic rings. The lowest BCUT2D eigenvalue weighted by Gasteiger charge is -2.35. The van der Waals surface area contributed by atoms with E-state index in [-0.39, 0.29) is 0 Å². The third-order valence-corrected chi connectivity index (χ3v) is 3.32. The lowest BCUT2D eigenvalue weighted by atomic mass is 10.0. The molecule has 0 spiro atoms. The third-order valence-electron chi connectivity index (χ3n) is 3.32. The van der Waals surface area contributed by atoms with Gasteiger partial charge in [-0.3, -0.25) is 4.68 Å². The summed E-state index contributed by atoms with van der Waals surface area (Å²) in [4.78, 5) is 2.45. The molecule has 1 aromatic heterocycles. The molecule has 1 unspecified atom stereocenters. The van der Waals surface area contributed by atoms with Crippen LogP contribution in [0.3, 0.4) is 0 Å². The summed E-state index contributed by atoms with van der Waals surface area (Å²) < 4.78 is 1.99. The number of hydrogen-bond acceptors (Lipinski definition) is 3. The minimum absolute atomic E-state index is 0.619. The van der Waals surface area contributed by atoms with Gasteiger partial charge in [-0.1, -0.05) is 13.8 Å². The first-order valence-electron chi connectivity index (χ1n) is 6.69. The van der Waals surface area contributed by atoms with Gasteiger partial charge in [-0.15, -0.1) is 0 Å². The normalized spacial score (nSPS) is 21.2. The van der Waals surface area contributed by atoms with Crippen LogP contribution in [0.15, 0.2) is 12.4 Å². The Balaban J connectivity index is 1.96. The minimum Gasteiger partial charge on any atom is -0.366 e. The van der Waals surface area contributed by atoms with Gasteiger partial charge in [-0.2, -0.15) is 5.10 Å². The number of anilines is 1. The lowest BCUT2D eigenvalue weighted by Crippen LogP contribution is -2.51. The first-order chi connectivity index (χ1) is 8.19.